The standard InChI is InChI=1S/C21H27FN5O/c1-5-9-13-23-19-18(15-24-21(25-19)26(6-2)7-3)27(8-4)20(28)16-11-10-12-17(22)14-16/h10-15H,1,5-9H2,2-4H3. The summed E-state index contributed by atoms with van der Waals surface area (Å²) in [4.78, 5) is 30.0. The lowest BCUT2D eigenvalue weighted by molar-refractivity contribution is 0.0988. The van der Waals surface area contributed by atoms with E-state index in [0.717, 1.165) is 13.1 Å². The fraction of sp³-hybridized carbons (Fsp3) is 0.381. The van der Waals surface area contributed by atoms with E-state index in [4.69, 9.17) is 0 Å². The van der Waals surface area contributed by atoms with Crippen LogP contribution in [0.5, 0.6) is 0 Å². The number of aromatic nitrogens is 2. The first kappa shape index (κ1) is 21.5. The van der Waals surface area contributed by atoms with E-state index in [1.54, 1.807) is 18.5 Å². The molecule has 0 aliphatic carbocycles. The van der Waals surface area contributed by atoms with Gasteiger partial charge in [-0.3, -0.25) is 4.79 Å². The molecule has 1 aromatic carbocycles. The second-order valence-electron chi connectivity index (χ2n) is 6.06. The highest BCUT2D eigenvalue weighted by atomic mass is 19.1. The van der Waals surface area contributed by atoms with E-state index in [2.05, 4.69) is 21.9 Å². The smallest absolute Gasteiger partial charge is 0.258 e. The predicted octanol–water partition coefficient (Wildman–Crippen LogP) is 4.45. The van der Waals surface area contributed by atoms with Crippen LogP contribution in [0.15, 0.2) is 35.5 Å². The molecule has 6 nitrogen and oxygen atoms in total. The van der Waals surface area contributed by atoms with Crippen LogP contribution in [-0.4, -0.2) is 41.7 Å². The van der Waals surface area contributed by atoms with Crippen LogP contribution in [0.4, 0.5) is 21.8 Å². The van der Waals surface area contributed by atoms with E-state index < -0.39 is 5.82 Å². The summed E-state index contributed by atoms with van der Waals surface area (Å²) in [6, 6.07) is 5.64. The Balaban J connectivity index is 2.48. The number of carbonyl (C=O) groups is 1. The van der Waals surface area contributed by atoms with Gasteiger partial charge in [0, 0.05) is 31.4 Å². The number of rotatable bonds is 9. The zero-order valence-corrected chi connectivity index (χ0v) is 16.7. The molecule has 7 heteroatoms. The average Bonchev–Trinajstić information content (AvgIpc) is 2.71. The van der Waals surface area contributed by atoms with Crippen molar-refractivity contribution in [3.8, 4) is 0 Å². The van der Waals surface area contributed by atoms with Crippen LogP contribution in [0.2, 0.25) is 0 Å². The Bertz CT molecular complexity index is 820. The number of amides is 1. The Hall–Kier alpha value is -2.83. The van der Waals surface area contributed by atoms with Gasteiger partial charge in [0.2, 0.25) is 5.95 Å². The molecule has 1 aromatic heterocycles. The van der Waals surface area contributed by atoms with Crippen LogP contribution in [-0.2, 0) is 0 Å². The summed E-state index contributed by atoms with van der Waals surface area (Å²) < 4.78 is 13.6. The molecular formula is C21H27FN5O. The van der Waals surface area contributed by atoms with E-state index >= 15 is 0 Å². The van der Waals surface area contributed by atoms with Crippen molar-refractivity contribution in [3.63, 3.8) is 0 Å². The number of benzene rings is 1. The molecule has 28 heavy (non-hydrogen) atoms. The fourth-order valence-corrected chi connectivity index (χ4v) is 2.74. The molecule has 0 bridgehead atoms. The molecule has 1 radical (unpaired) electrons. The third-order valence-corrected chi connectivity index (χ3v) is 4.25. The molecule has 0 aliphatic rings. The van der Waals surface area contributed by atoms with Gasteiger partial charge in [-0.25, -0.2) is 14.4 Å². The van der Waals surface area contributed by atoms with Crippen molar-refractivity contribution in [2.75, 3.05) is 29.4 Å². The minimum absolute atomic E-state index is 0.266. The highest BCUT2D eigenvalue weighted by Gasteiger charge is 2.21. The van der Waals surface area contributed by atoms with Gasteiger partial charge in [-0.1, -0.05) is 13.0 Å². The molecule has 0 fully saturated rings. The maximum atomic E-state index is 13.6. The number of hydrogen-bond acceptors (Lipinski definition) is 5. The molecule has 0 saturated heterocycles. The van der Waals surface area contributed by atoms with Crippen molar-refractivity contribution in [1.82, 2.24) is 9.97 Å². The summed E-state index contributed by atoms with van der Waals surface area (Å²) in [5, 5.41) is 0. The van der Waals surface area contributed by atoms with Gasteiger partial charge >= 0.3 is 0 Å². The fourth-order valence-electron chi connectivity index (χ4n) is 2.74. The summed E-state index contributed by atoms with van der Waals surface area (Å²) in [6.45, 7) is 11.6. The summed E-state index contributed by atoms with van der Waals surface area (Å²) >= 11 is 0. The van der Waals surface area contributed by atoms with Gasteiger partial charge in [0.1, 0.15) is 11.5 Å². The number of aliphatic imine (C=N–C) groups is 1. The quantitative estimate of drug-likeness (QED) is 0.600. The molecule has 2 rings (SSSR count). The summed E-state index contributed by atoms with van der Waals surface area (Å²) in [5.41, 5.74) is 0.760. The molecule has 149 valence electrons. The lowest BCUT2D eigenvalue weighted by Gasteiger charge is -2.24. The molecule has 0 spiro atoms. The number of nitrogens with zero attached hydrogens (tertiary/aromatic N) is 5. The van der Waals surface area contributed by atoms with Gasteiger partial charge in [0.15, 0.2) is 5.82 Å². The highest BCUT2D eigenvalue weighted by molar-refractivity contribution is 6.07. The van der Waals surface area contributed by atoms with E-state index in [1.165, 1.54) is 23.1 Å². The number of unbranched alkanes of at least 4 members (excludes halogenated alkanes) is 1. The van der Waals surface area contributed by atoms with E-state index in [0.29, 0.717) is 36.8 Å². The van der Waals surface area contributed by atoms with Gasteiger partial charge in [-0.2, -0.15) is 4.98 Å². The van der Waals surface area contributed by atoms with E-state index in [1.807, 2.05) is 25.7 Å². The van der Waals surface area contributed by atoms with Gasteiger partial charge in [-0.15, -0.1) is 0 Å². The zero-order chi connectivity index (χ0) is 20.5. The SMILES string of the molecule is [CH2]CCC=Nc1nc(N(CC)CC)ncc1N(CC)C(=O)c1cccc(F)c1. The lowest BCUT2D eigenvalue weighted by atomic mass is 10.2. The molecular weight excluding hydrogens is 357 g/mol. The highest BCUT2D eigenvalue weighted by Crippen LogP contribution is 2.29. The van der Waals surface area contributed by atoms with Gasteiger partial charge in [-0.05, 0) is 51.8 Å². The number of anilines is 2. The molecule has 2 aromatic rings. The number of hydrogen-bond donors (Lipinski definition) is 0. The van der Waals surface area contributed by atoms with Gasteiger partial charge in [0.05, 0.1) is 6.20 Å². The average molecular weight is 384 g/mol. The number of carbonyl (C=O) groups excluding carboxylic acids is 1. The third kappa shape index (κ3) is 5.12. The molecule has 0 atom stereocenters. The van der Waals surface area contributed by atoms with Crippen LogP contribution in [0.25, 0.3) is 0 Å². The predicted molar refractivity (Wildman–Crippen MR) is 112 cm³/mol. The largest absolute Gasteiger partial charge is 0.341 e. The first-order valence-electron chi connectivity index (χ1n) is 9.56. The molecule has 1 amide bonds. The van der Waals surface area contributed by atoms with E-state index in [9.17, 15) is 9.18 Å². The van der Waals surface area contributed by atoms with Crippen molar-refractivity contribution in [3.05, 3.63) is 48.8 Å². The Kier molecular flexibility index (Phi) is 8.04. The molecule has 0 N–H and O–H groups in total. The molecule has 0 unspecified atom stereocenters. The van der Waals surface area contributed by atoms with Crippen molar-refractivity contribution >= 4 is 29.6 Å². The van der Waals surface area contributed by atoms with E-state index in [-0.39, 0.29) is 11.5 Å². The zero-order valence-electron chi connectivity index (χ0n) is 16.7. The monoisotopic (exact) mass is 384 g/mol. The third-order valence-electron chi connectivity index (χ3n) is 4.25. The van der Waals surface area contributed by atoms with Crippen LogP contribution in [0, 0.1) is 12.7 Å². The Morgan fingerprint density at radius 3 is 2.61 bits per heavy atom. The lowest BCUT2D eigenvalue weighted by Crippen LogP contribution is -2.31. The summed E-state index contributed by atoms with van der Waals surface area (Å²) in [5.74, 6) is 0.195. The first-order chi connectivity index (χ1) is 13.5. The maximum absolute atomic E-state index is 13.6. The summed E-state index contributed by atoms with van der Waals surface area (Å²) in [7, 11) is 0. The van der Waals surface area contributed by atoms with Crippen molar-refractivity contribution in [2.24, 2.45) is 4.99 Å². The number of halogens is 1. The first-order valence-corrected chi connectivity index (χ1v) is 9.56. The topological polar surface area (TPSA) is 61.7 Å². The minimum Gasteiger partial charge on any atom is -0.341 e. The maximum Gasteiger partial charge on any atom is 0.258 e. The Morgan fingerprint density at radius 1 is 1.25 bits per heavy atom. The second-order valence-corrected chi connectivity index (χ2v) is 6.06. The Labute approximate surface area is 166 Å². The van der Waals surface area contributed by atoms with Crippen LogP contribution in [0.1, 0.15) is 44.0 Å². The van der Waals surface area contributed by atoms with Gasteiger partial charge in [0.25, 0.3) is 5.91 Å². The summed E-state index contributed by atoms with van der Waals surface area (Å²) in [6.07, 6.45) is 4.77. The normalized spacial score (nSPS) is 11.0. The minimum atomic E-state index is -0.455. The second kappa shape index (κ2) is 10.5. The Morgan fingerprint density at radius 2 is 2.00 bits per heavy atom. The van der Waals surface area contributed by atoms with Crippen molar-refractivity contribution in [2.45, 2.75) is 33.6 Å². The van der Waals surface area contributed by atoms with Gasteiger partial charge < -0.3 is 9.80 Å². The van der Waals surface area contributed by atoms with Crippen LogP contribution >= 0.6 is 0 Å². The van der Waals surface area contributed by atoms with Crippen molar-refractivity contribution in [1.29, 1.82) is 0 Å². The molecule has 0 aliphatic heterocycles. The molecule has 1 heterocycles. The van der Waals surface area contributed by atoms with Crippen LogP contribution < -0.4 is 9.80 Å². The van der Waals surface area contributed by atoms with Crippen LogP contribution in [0.3, 0.4) is 0 Å². The van der Waals surface area contributed by atoms with Crippen molar-refractivity contribution < 1.29 is 9.18 Å². The molecule has 0 saturated carbocycles.